The number of carbonyl (C=O) groups is 2. The molecule has 0 bridgehead atoms. The van der Waals surface area contributed by atoms with Crippen LogP contribution in [-0.4, -0.2) is 49.3 Å². The Morgan fingerprint density at radius 3 is 1.53 bits per heavy atom. The van der Waals surface area contributed by atoms with E-state index < -0.39 is 26.5 Å². The number of unbranched alkanes of at least 4 members (excludes halogenated alkanes) is 23. The smallest absolute Gasteiger partial charge is 0.462 e. The molecule has 0 aromatic rings. The fraction of sp³-hybridized carbons (Fsp3) is 0.892. The zero-order chi connectivity index (χ0) is 34.7. The lowest BCUT2D eigenvalue weighted by molar-refractivity contribution is -0.161. The fourth-order valence-electron chi connectivity index (χ4n) is 5.44. The van der Waals surface area contributed by atoms with E-state index in [1.54, 1.807) is 0 Å². The molecule has 0 heterocycles. The molecule has 0 saturated carbocycles. The van der Waals surface area contributed by atoms with Crippen molar-refractivity contribution >= 4 is 19.8 Å². The van der Waals surface area contributed by atoms with Crippen molar-refractivity contribution in [1.82, 2.24) is 0 Å². The second-order valence-corrected chi connectivity index (χ2v) is 14.3. The van der Waals surface area contributed by atoms with E-state index in [0.29, 0.717) is 6.42 Å². The highest BCUT2D eigenvalue weighted by molar-refractivity contribution is 7.47. The SMILES string of the molecule is C=CCCCCCCCCCCCCCCCC(=O)OC[C@H](COP(=O)(O)OCCN)OC(=O)CCCCCCCCCCCCC. The predicted octanol–water partition coefficient (Wildman–Crippen LogP) is 10.3. The molecule has 1 unspecified atom stereocenters. The van der Waals surface area contributed by atoms with E-state index >= 15 is 0 Å². The van der Waals surface area contributed by atoms with Crippen molar-refractivity contribution in [2.24, 2.45) is 5.73 Å². The molecule has 0 saturated heterocycles. The maximum absolute atomic E-state index is 12.5. The minimum Gasteiger partial charge on any atom is -0.462 e. The van der Waals surface area contributed by atoms with Crippen LogP contribution in [0.1, 0.15) is 180 Å². The Kier molecular flexibility index (Phi) is 33.7. The molecule has 0 fully saturated rings. The van der Waals surface area contributed by atoms with Gasteiger partial charge in [0.2, 0.25) is 0 Å². The van der Waals surface area contributed by atoms with Gasteiger partial charge >= 0.3 is 19.8 Å². The Hall–Kier alpha value is -1.25. The molecular weight excluding hydrogens is 617 g/mol. The van der Waals surface area contributed by atoms with Crippen LogP contribution in [0.25, 0.3) is 0 Å². The standard InChI is InChI=1S/C37H72NO8P/c1-3-5-7-9-11-13-15-16-17-18-20-21-23-25-27-29-36(39)43-33-35(34-45-47(41,42)44-32-31-38)46-37(40)30-28-26-24-22-19-14-12-10-8-6-4-2/h3,35H,1,4-34,38H2,2H3,(H,41,42)/t35-/m1/s1. The topological polar surface area (TPSA) is 134 Å². The summed E-state index contributed by atoms with van der Waals surface area (Å²) in [6.07, 6.45) is 31.3. The van der Waals surface area contributed by atoms with Gasteiger partial charge in [0.05, 0.1) is 13.2 Å². The first kappa shape index (κ1) is 45.8. The van der Waals surface area contributed by atoms with E-state index in [2.05, 4.69) is 13.5 Å². The quantitative estimate of drug-likeness (QED) is 0.0283. The van der Waals surface area contributed by atoms with E-state index in [4.69, 9.17) is 24.3 Å². The number of hydrogen-bond acceptors (Lipinski definition) is 8. The summed E-state index contributed by atoms with van der Waals surface area (Å²) in [6.45, 7) is 5.24. The molecule has 2 atom stereocenters. The Morgan fingerprint density at radius 2 is 1.09 bits per heavy atom. The van der Waals surface area contributed by atoms with Gasteiger partial charge < -0.3 is 20.1 Å². The monoisotopic (exact) mass is 689 g/mol. The van der Waals surface area contributed by atoms with Crippen molar-refractivity contribution in [3.8, 4) is 0 Å². The lowest BCUT2D eigenvalue weighted by Crippen LogP contribution is -2.29. The van der Waals surface area contributed by atoms with E-state index in [1.807, 2.05) is 6.08 Å². The Labute approximate surface area is 288 Å². The molecule has 0 spiro atoms. The number of esters is 2. The summed E-state index contributed by atoms with van der Waals surface area (Å²) in [6, 6.07) is 0. The van der Waals surface area contributed by atoms with Crippen LogP contribution in [0.5, 0.6) is 0 Å². The number of rotatable bonds is 37. The number of hydrogen-bond donors (Lipinski definition) is 2. The molecule has 0 aromatic heterocycles. The second-order valence-electron chi connectivity index (χ2n) is 12.9. The number of allylic oxidation sites excluding steroid dienone is 1. The molecule has 0 radical (unpaired) electrons. The summed E-state index contributed by atoms with van der Waals surface area (Å²) >= 11 is 0. The zero-order valence-corrected chi connectivity index (χ0v) is 31.0. The van der Waals surface area contributed by atoms with E-state index in [-0.39, 0.29) is 38.6 Å². The lowest BCUT2D eigenvalue weighted by atomic mass is 10.0. The first-order valence-electron chi connectivity index (χ1n) is 19.1. The third kappa shape index (κ3) is 34.4. The normalized spacial score (nSPS) is 13.3. The van der Waals surface area contributed by atoms with Crippen molar-refractivity contribution in [1.29, 1.82) is 0 Å². The predicted molar refractivity (Wildman–Crippen MR) is 192 cm³/mol. The number of nitrogens with two attached hydrogens (primary N) is 1. The molecule has 3 N–H and O–H groups in total. The summed E-state index contributed by atoms with van der Waals surface area (Å²) in [5.74, 6) is -0.826. The van der Waals surface area contributed by atoms with Crippen LogP contribution in [0.3, 0.4) is 0 Å². The molecule has 47 heavy (non-hydrogen) atoms. The van der Waals surface area contributed by atoms with Crippen molar-refractivity contribution in [3.63, 3.8) is 0 Å². The minimum atomic E-state index is -4.36. The molecular formula is C37H72NO8P. The van der Waals surface area contributed by atoms with Crippen molar-refractivity contribution in [2.75, 3.05) is 26.4 Å². The lowest BCUT2D eigenvalue weighted by Gasteiger charge is -2.19. The maximum Gasteiger partial charge on any atom is 0.472 e. The van der Waals surface area contributed by atoms with Crippen LogP contribution >= 0.6 is 7.82 Å². The molecule has 0 aliphatic heterocycles. The highest BCUT2D eigenvalue weighted by Crippen LogP contribution is 2.43. The third-order valence-corrected chi connectivity index (χ3v) is 9.28. The largest absolute Gasteiger partial charge is 0.472 e. The highest BCUT2D eigenvalue weighted by Gasteiger charge is 2.25. The molecule has 9 nitrogen and oxygen atoms in total. The average Bonchev–Trinajstić information content (AvgIpc) is 3.05. The summed E-state index contributed by atoms with van der Waals surface area (Å²) in [5.41, 5.74) is 5.33. The van der Waals surface area contributed by atoms with Crippen LogP contribution in [0.15, 0.2) is 12.7 Å². The van der Waals surface area contributed by atoms with Crippen LogP contribution in [0.2, 0.25) is 0 Å². The molecule has 0 aromatic carbocycles. The molecule has 10 heteroatoms. The Bertz CT molecular complexity index is 781. The van der Waals surface area contributed by atoms with Gasteiger partial charge in [-0.2, -0.15) is 0 Å². The number of phosphoric acid groups is 1. The van der Waals surface area contributed by atoms with E-state index in [9.17, 15) is 19.0 Å². The molecule has 0 aliphatic rings. The first-order valence-corrected chi connectivity index (χ1v) is 20.6. The Morgan fingerprint density at radius 1 is 0.660 bits per heavy atom. The van der Waals surface area contributed by atoms with Gasteiger partial charge in [0.25, 0.3) is 0 Å². The highest BCUT2D eigenvalue weighted by atomic mass is 31.2. The second kappa shape index (κ2) is 34.6. The number of carbonyl (C=O) groups excluding carboxylic acids is 2. The van der Waals surface area contributed by atoms with Crippen molar-refractivity contribution < 1.29 is 37.6 Å². The van der Waals surface area contributed by atoms with Crippen LogP contribution < -0.4 is 5.73 Å². The summed E-state index contributed by atoms with van der Waals surface area (Å²) < 4.78 is 32.6. The van der Waals surface area contributed by atoms with Crippen LogP contribution in [0, 0.1) is 0 Å². The van der Waals surface area contributed by atoms with E-state index in [1.165, 1.54) is 116 Å². The van der Waals surface area contributed by atoms with Gasteiger partial charge in [-0.3, -0.25) is 18.6 Å². The maximum atomic E-state index is 12.5. The van der Waals surface area contributed by atoms with Crippen molar-refractivity contribution in [3.05, 3.63) is 12.7 Å². The zero-order valence-electron chi connectivity index (χ0n) is 30.1. The summed E-state index contributed by atoms with van der Waals surface area (Å²) in [7, 11) is -4.36. The van der Waals surface area contributed by atoms with Gasteiger partial charge in [-0.05, 0) is 25.7 Å². The van der Waals surface area contributed by atoms with Gasteiger partial charge in [-0.1, -0.05) is 148 Å². The minimum absolute atomic E-state index is 0.0556. The van der Waals surface area contributed by atoms with E-state index in [0.717, 1.165) is 38.5 Å². The van der Waals surface area contributed by atoms with Crippen LogP contribution in [0.4, 0.5) is 0 Å². The van der Waals surface area contributed by atoms with Gasteiger partial charge in [-0.15, -0.1) is 6.58 Å². The van der Waals surface area contributed by atoms with Gasteiger partial charge in [0.15, 0.2) is 6.10 Å². The first-order chi connectivity index (χ1) is 22.8. The number of phosphoric ester groups is 1. The summed E-state index contributed by atoms with van der Waals surface area (Å²) in [4.78, 5) is 34.7. The van der Waals surface area contributed by atoms with Gasteiger partial charge in [-0.25, -0.2) is 4.57 Å². The molecule has 278 valence electrons. The van der Waals surface area contributed by atoms with Crippen LogP contribution in [-0.2, 0) is 32.7 Å². The molecule has 0 aliphatic carbocycles. The van der Waals surface area contributed by atoms with Crippen molar-refractivity contribution in [2.45, 2.75) is 186 Å². The van der Waals surface area contributed by atoms with Gasteiger partial charge in [0.1, 0.15) is 6.61 Å². The van der Waals surface area contributed by atoms with Gasteiger partial charge in [0, 0.05) is 19.4 Å². The molecule has 0 rings (SSSR count). The fourth-order valence-corrected chi connectivity index (χ4v) is 6.20. The Balaban J connectivity index is 4.16. The number of ether oxygens (including phenoxy) is 2. The molecule has 0 amide bonds. The average molecular weight is 690 g/mol. The third-order valence-electron chi connectivity index (χ3n) is 8.30. The summed E-state index contributed by atoms with van der Waals surface area (Å²) in [5, 5.41) is 0.